The van der Waals surface area contributed by atoms with Crippen LogP contribution >= 0.6 is 0 Å². The number of rotatable bonds is 3. The molecule has 0 saturated carbocycles. The summed E-state index contributed by atoms with van der Waals surface area (Å²) in [6.45, 7) is 0. The Hall–Kier alpha value is -2.68. The van der Waals surface area contributed by atoms with Gasteiger partial charge in [-0.05, 0) is 35.2 Å². The Labute approximate surface area is 121 Å². The van der Waals surface area contributed by atoms with Gasteiger partial charge in [-0.25, -0.2) is 4.39 Å². The zero-order chi connectivity index (χ0) is 14.8. The molecule has 0 radical (unpaired) electrons. The molecular weight excluding hydrogens is 267 g/mol. The number of ketones is 1. The highest BCUT2D eigenvalue weighted by Gasteiger charge is 2.10. The summed E-state index contributed by atoms with van der Waals surface area (Å²) in [4.78, 5) is 12.2. The second-order valence-electron chi connectivity index (χ2n) is 4.95. The summed E-state index contributed by atoms with van der Waals surface area (Å²) < 4.78 is 13.3. The van der Waals surface area contributed by atoms with Gasteiger partial charge in [-0.1, -0.05) is 36.4 Å². The molecule has 3 aromatic rings. The van der Waals surface area contributed by atoms with Gasteiger partial charge in [0.25, 0.3) is 0 Å². The molecular formula is C18H13FO2. The SMILES string of the molecule is O=C(Cc1cc(O)c2ccc(F)cc2c1)c1ccccc1. The van der Waals surface area contributed by atoms with Crippen LogP contribution in [0.15, 0.2) is 60.7 Å². The van der Waals surface area contributed by atoms with Crippen molar-refractivity contribution in [1.82, 2.24) is 0 Å². The largest absolute Gasteiger partial charge is 0.507 e. The molecule has 0 saturated heterocycles. The van der Waals surface area contributed by atoms with E-state index in [1.165, 1.54) is 18.2 Å². The fourth-order valence-corrected chi connectivity index (χ4v) is 2.39. The number of benzene rings is 3. The third-order valence-electron chi connectivity index (χ3n) is 3.41. The number of phenolic OH excluding ortho intramolecular Hbond substituents is 1. The summed E-state index contributed by atoms with van der Waals surface area (Å²) in [5.41, 5.74) is 1.29. The molecule has 104 valence electrons. The second-order valence-corrected chi connectivity index (χ2v) is 4.95. The third kappa shape index (κ3) is 2.77. The summed E-state index contributed by atoms with van der Waals surface area (Å²) >= 11 is 0. The minimum atomic E-state index is -0.367. The van der Waals surface area contributed by atoms with E-state index in [9.17, 15) is 14.3 Å². The fraction of sp³-hybridized carbons (Fsp3) is 0.0556. The van der Waals surface area contributed by atoms with Crippen LogP contribution in [0.4, 0.5) is 4.39 Å². The molecule has 3 aromatic carbocycles. The van der Waals surface area contributed by atoms with Crippen LogP contribution in [0.1, 0.15) is 15.9 Å². The molecule has 0 aromatic heterocycles. The Kier molecular flexibility index (Phi) is 3.40. The van der Waals surface area contributed by atoms with Crippen molar-refractivity contribution in [3.8, 4) is 5.75 Å². The van der Waals surface area contributed by atoms with Crippen molar-refractivity contribution in [2.24, 2.45) is 0 Å². The Morgan fingerprint density at radius 3 is 2.52 bits per heavy atom. The number of aromatic hydroxyl groups is 1. The Bertz CT molecular complexity index is 810. The van der Waals surface area contributed by atoms with E-state index in [0.717, 1.165) is 0 Å². The monoisotopic (exact) mass is 280 g/mol. The first-order chi connectivity index (χ1) is 10.1. The van der Waals surface area contributed by atoms with Crippen LogP contribution in [-0.4, -0.2) is 10.9 Å². The average molecular weight is 280 g/mol. The van der Waals surface area contributed by atoms with Crippen molar-refractivity contribution < 1.29 is 14.3 Å². The normalized spacial score (nSPS) is 10.7. The predicted molar refractivity (Wildman–Crippen MR) is 80.0 cm³/mol. The molecule has 3 heteroatoms. The molecule has 0 bridgehead atoms. The molecule has 0 amide bonds. The topological polar surface area (TPSA) is 37.3 Å². The Balaban J connectivity index is 1.96. The van der Waals surface area contributed by atoms with Crippen molar-refractivity contribution in [2.45, 2.75) is 6.42 Å². The van der Waals surface area contributed by atoms with Crippen LogP contribution < -0.4 is 0 Å². The van der Waals surface area contributed by atoms with Crippen molar-refractivity contribution in [3.05, 3.63) is 77.6 Å². The molecule has 0 unspecified atom stereocenters. The lowest BCUT2D eigenvalue weighted by Gasteiger charge is -2.06. The van der Waals surface area contributed by atoms with Gasteiger partial charge in [-0.2, -0.15) is 0 Å². The third-order valence-corrected chi connectivity index (χ3v) is 3.41. The lowest BCUT2D eigenvalue weighted by Crippen LogP contribution is -2.03. The smallest absolute Gasteiger partial charge is 0.167 e. The van der Waals surface area contributed by atoms with Crippen molar-refractivity contribution in [3.63, 3.8) is 0 Å². The molecule has 0 heterocycles. The van der Waals surface area contributed by atoms with Crippen molar-refractivity contribution in [1.29, 1.82) is 0 Å². The number of hydrogen-bond acceptors (Lipinski definition) is 2. The molecule has 2 nitrogen and oxygen atoms in total. The number of carbonyl (C=O) groups is 1. The highest BCUT2D eigenvalue weighted by atomic mass is 19.1. The van der Waals surface area contributed by atoms with Crippen molar-refractivity contribution >= 4 is 16.6 Å². The first-order valence-corrected chi connectivity index (χ1v) is 6.63. The van der Waals surface area contributed by atoms with E-state index < -0.39 is 0 Å². The molecule has 0 fully saturated rings. The van der Waals surface area contributed by atoms with E-state index in [2.05, 4.69) is 0 Å². The van der Waals surface area contributed by atoms with Crippen molar-refractivity contribution in [2.75, 3.05) is 0 Å². The summed E-state index contributed by atoms with van der Waals surface area (Å²) in [6.07, 6.45) is 0.171. The highest BCUT2D eigenvalue weighted by Crippen LogP contribution is 2.27. The summed E-state index contributed by atoms with van der Waals surface area (Å²) in [6, 6.07) is 16.4. The Morgan fingerprint density at radius 2 is 1.76 bits per heavy atom. The van der Waals surface area contributed by atoms with Gasteiger partial charge in [0.05, 0.1) is 0 Å². The van der Waals surface area contributed by atoms with Crippen LogP contribution in [0.2, 0.25) is 0 Å². The van der Waals surface area contributed by atoms with Gasteiger partial charge >= 0.3 is 0 Å². The van der Waals surface area contributed by atoms with E-state index in [1.807, 2.05) is 6.07 Å². The van der Waals surface area contributed by atoms with Crippen LogP contribution in [0, 0.1) is 5.82 Å². The van der Waals surface area contributed by atoms with Crippen LogP contribution in [0.3, 0.4) is 0 Å². The maximum Gasteiger partial charge on any atom is 0.167 e. The second kappa shape index (κ2) is 5.37. The first kappa shape index (κ1) is 13.3. The molecule has 1 N–H and O–H groups in total. The van der Waals surface area contributed by atoms with Gasteiger partial charge in [-0.3, -0.25) is 4.79 Å². The quantitative estimate of drug-likeness (QED) is 0.733. The van der Waals surface area contributed by atoms with Crippen LogP contribution in [0.25, 0.3) is 10.8 Å². The predicted octanol–water partition coefficient (Wildman–Crippen LogP) is 4.11. The van der Waals surface area contributed by atoms with E-state index in [-0.39, 0.29) is 23.8 Å². The molecule has 0 aliphatic heterocycles. The van der Waals surface area contributed by atoms with Gasteiger partial charge in [-0.15, -0.1) is 0 Å². The average Bonchev–Trinajstić information content (AvgIpc) is 2.47. The number of fused-ring (bicyclic) bond motifs is 1. The Morgan fingerprint density at radius 1 is 1.00 bits per heavy atom. The van der Waals surface area contributed by atoms with E-state index in [1.54, 1.807) is 36.4 Å². The lowest BCUT2D eigenvalue weighted by atomic mass is 9.99. The minimum absolute atomic E-state index is 0.0363. The number of Topliss-reactive ketones (excluding diaryl/α,β-unsaturated/α-hetero) is 1. The van der Waals surface area contributed by atoms with Gasteiger partial charge in [0.2, 0.25) is 0 Å². The number of phenols is 1. The van der Waals surface area contributed by atoms with E-state index in [0.29, 0.717) is 21.9 Å². The van der Waals surface area contributed by atoms with Crippen LogP contribution in [-0.2, 0) is 6.42 Å². The molecule has 0 atom stereocenters. The first-order valence-electron chi connectivity index (χ1n) is 6.63. The molecule has 0 aliphatic rings. The van der Waals surface area contributed by atoms with E-state index >= 15 is 0 Å². The maximum atomic E-state index is 13.3. The standard InChI is InChI=1S/C18H13FO2/c19-15-6-7-16-14(11-15)8-12(10-18(16)21)9-17(20)13-4-2-1-3-5-13/h1-8,10-11,21H,9H2. The van der Waals surface area contributed by atoms with Gasteiger partial charge in [0, 0.05) is 17.4 Å². The highest BCUT2D eigenvalue weighted by molar-refractivity contribution is 5.98. The summed E-state index contributed by atoms with van der Waals surface area (Å²) in [5.74, 6) is -0.345. The maximum absolute atomic E-state index is 13.3. The number of carbonyl (C=O) groups excluding carboxylic acids is 1. The molecule has 3 rings (SSSR count). The lowest BCUT2D eigenvalue weighted by molar-refractivity contribution is 0.0993. The summed E-state index contributed by atoms with van der Waals surface area (Å²) in [7, 11) is 0. The summed E-state index contributed by atoms with van der Waals surface area (Å²) in [5, 5.41) is 11.2. The van der Waals surface area contributed by atoms with Gasteiger partial charge < -0.3 is 5.11 Å². The zero-order valence-corrected chi connectivity index (χ0v) is 11.2. The fourth-order valence-electron chi connectivity index (χ4n) is 2.39. The van der Waals surface area contributed by atoms with Crippen LogP contribution in [0.5, 0.6) is 5.75 Å². The molecule has 21 heavy (non-hydrogen) atoms. The number of halogens is 1. The number of hydrogen-bond donors (Lipinski definition) is 1. The molecule has 0 spiro atoms. The van der Waals surface area contributed by atoms with Gasteiger partial charge in [0.1, 0.15) is 11.6 Å². The van der Waals surface area contributed by atoms with E-state index in [4.69, 9.17) is 0 Å². The zero-order valence-electron chi connectivity index (χ0n) is 11.2. The molecule has 0 aliphatic carbocycles. The minimum Gasteiger partial charge on any atom is -0.507 e. The van der Waals surface area contributed by atoms with Gasteiger partial charge in [0.15, 0.2) is 5.78 Å².